The van der Waals surface area contributed by atoms with Crippen LogP contribution < -0.4 is 5.32 Å². The minimum Gasteiger partial charge on any atom is -0.465 e. The summed E-state index contributed by atoms with van der Waals surface area (Å²) < 4.78 is 6.21. The standard InChI is InChI=1S/C17H17N5O3/c1-9-5-6-12(16(24)25-4)8-13(9)19-15(23)14-20-17-18-10(2)7-11(3)22(17)21-14/h5-8H,1-4H3,(H,19,23). The number of carbonyl (C=O) groups excluding carboxylic acids is 2. The molecular weight excluding hydrogens is 322 g/mol. The van der Waals surface area contributed by atoms with Crippen molar-refractivity contribution in [2.75, 3.05) is 12.4 Å². The van der Waals surface area contributed by atoms with Gasteiger partial charge in [0.25, 0.3) is 11.7 Å². The number of nitrogens with one attached hydrogen (secondary N) is 1. The highest BCUT2D eigenvalue weighted by atomic mass is 16.5. The topological polar surface area (TPSA) is 98.5 Å². The summed E-state index contributed by atoms with van der Waals surface area (Å²) in [6.45, 7) is 5.54. The van der Waals surface area contributed by atoms with Crippen molar-refractivity contribution in [3.8, 4) is 0 Å². The molecule has 128 valence electrons. The summed E-state index contributed by atoms with van der Waals surface area (Å²) in [6.07, 6.45) is 0. The maximum absolute atomic E-state index is 12.5. The number of carbonyl (C=O) groups is 2. The van der Waals surface area contributed by atoms with Gasteiger partial charge in [-0.3, -0.25) is 4.79 Å². The largest absolute Gasteiger partial charge is 0.465 e. The molecule has 0 fully saturated rings. The monoisotopic (exact) mass is 339 g/mol. The van der Waals surface area contributed by atoms with Crippen LogP contribution in [0.5, 0.6) is 0 Å². The molecule has 0 atom stereocenters. The van der Waals surface area contributed by atoms with Crippen LogP contribution in [0, 0.1) is 20.8 Å². The van der Waals surface area contributed by atoms with Gasteiger partial charge in [0.1, 0.15) is 0 Å². The van der Waals surface area contributed by atoms with Crippen molar-refractivity contribution < 1.29 is 14.3 Å². The Balaban J connectivity index is 1.92. The van der Waals surface area contributed by atoms with E-state index in [0.29, 0.717) is 17.0 Å². The second-order valence-electron chi connectivity index (χ2n) is 5.66. The lowest BCUT2D eigenvalue weighted by Gasteiger charge is -2.08. The number of amides is 1. The zero-order valence-corrected chi connectivity index (χ0v) is 14.3. The molecule has 0 aliphatic carbocycles. The highest BCUT2D eigenvalue weighted by molar-refractivity contribution is 6.03. The highest BCUT2D eigenvalue weighted by Gasteiger charge is 2.17. The smallest absolute Gasteiger partial charge is 0.337 e. The Morgan fingerprint density at radius 2 is 1.88 bits per heavy atom. The number of ether oxygens (including phenoxy) is 1. The van der Waals surface area contributed by atoms with E-state index in [1.165, 1.54) is 11.6 Å². The van der Waals surface area contributed by atoms with E-state index in [9.17, 15) is 9.59 Å². The summed E-state index contributed by atoms with van der Waals surface area (Å²) in [5, 5.41) is 6.92. The fraction of sp³-hybridized carbons (Fsp3) is 0.235. The predicted molar refractivity (Wildman–Crippen MR) is 90.7 cm³/mol. The van der Waals surface area contributed by atoms with Crippen molar-refractivity contribution in [3.63, 3.8) is 0 Å². The average Bonchev–Trinajstić information content (AvgIpc) is 3.00. The normalized spacial score (nSPS) is 10.7. The van der Waals surface area contributed by atoms with Gasteiger partial charge in [-0.15, -0.1) is 5.10 Å². The fourth-order valence-electron chi connectivity index (χ4n) is 2.44. The first-order valence-electron chi connectivity index (χ1n) is 7.60. The number of anilines is 1. The van der Waals surface area contributed by atoms with Crippen LogP contribution in [0.3, 0.4) is 0 Å². The molecule has 8 heteroatoms. The van der Waals surface area contributed by atoms with Crippen molar-refractivity contribution in [3.05, 3.63) is 52.6 Å². The molecule has 0 radical (unpaired) electrons. The van der Waals surface area contributed by atoms with Gasteiger partial charge in [-0.2, -0.15) is 4.98 Å². The number of esters is 1. The first-order valence-corrected chi connectivity index (χ1v) is 7.60. The van der Waals surface area contributed by atoms with Crippen molar-refractivity contribution in [2.45, 2.75) is 20.8 Å². The Morgan fingerprint density at radius 1 is 1.12 bits per heavy atom. The molecule has 3 rings (SSSR count). The van der Waals surface area contributed by atoms with E-state index in [-0.39, 0.29) is 5.82 Å². The van der Waals surface area contributed by atoms with Crippen LogP contribution in [0.4, 0.5) is 5.69 Å². The minimum absolute atomic E-state index is 0.00377. The van der Waals surface area contributed by atoms with Gasteiger partial charge in [-0.05, 0) is 44.5 Å². The van der Waals surface area contributed by atoms with E-state index in [4.69, 9.17) is 4.74 Å². The maximum atomic E-state index is 12.5. The molecule has 0 aliphatic rings. The summed E-state index contributed by atoms with van der Waals surface area (Å²) in [5.74, 6) is -0.587. The number of nitrogens with zero attached hydrogens (tertiary/aromatic N) is 4. The van der Waals surface area contributed by atoms with E-state index in [1.807, 2.05) is 26.8 Å². The zero-order chi connectivity index (χ0) is 18.1. The SMILES string of the molecule is COC(=O)c1ccc(C)c(NC(=O)c2nc3nc(C)cc(C)n3n2)c1. The number of aryl methyl sites for hydroxylation is 3. The lowest BCUT2D eigenvalue weighted by molar-refractivity contribution is 0.0600. The molecule has 0 bridgehead atoms. The van der Waals surface area contributed by atoms with E-state index in [2.05, 4.69) is 20.4 Å². The van der Waals surface area contributed by atoms with Gasteiger partial charge in [-0.1, -0.05) is 6.07 Å². The Bertz CT molecular complexity index is 993. The van der Waals surface area contributed by atoms with Gasteiger partial charge in [0.2, 0.25) is 5.82 Å². The Morgan fingerprint density at radius 3 is 2.60 bits per heavy atom. The number of rotatable bonds is 3. The van der Waals surface area contributed by atoms with Crippen LogP contribution in [0.2, 0.25) is 0 Å². The Hall–Kier alpha value is -3.29. The average molecular weight is 339 g/mol. The second kappa shape index (κ2) is 6.31. The van der Waals surface area contributed by atoms with Crippen molar-refractivity contribution >= 4 is 23.3 Å². The third-order valence-electron chi connectivity index (χ3n) is 3.73. The molecule has 0 spiro atoms. The summed E-state index contributed by atoms with van der Waals surface area (Å²) in [4.78, 5) is 32.6. The lowest BCUT2D eigenvalue weighted by Crippen LogP contribution is -2.15. The van der Waals surface area contributed by atoms with E-state index >= 15 is 0 Å². The van der Waals surface area contributed by atoms with Gasteiger partial charge in [0.05, 0.1) is 12.7 Å². The lowest BCUT2D eigenvalue weighted by atomic mass is 10.1. The van der Waals surface area contributed by atoms with Gasteiger partial charge in [-0.25, -0.2) is 14.3 Å². The molecular formula is C17H17N5O3. The van der Waals surface area contributed by atoms with Crippen LogP contribution in [0.25, 0.3) is 5.78 Å². The molecule has 2 heterocycles. The zero-order valence-electron chi connectivity index (χ0n) is 14.3. The molecule has 3 aromatic rings. The van der Waals surface area contributed by atoms with Crippen LogP contribution in [-0.4, -0.2) is 38.6 Å². The van der Waals surface area contributed by atoms with Gasteiger partial charge in [0.15, 0.2) is 0 Å². The molecule has 0 aliphatic heterocycles. The summed E-state index contributed by atoms with van der Waals surface area (Å²) in [6, 6.07) is 6.78. The third kappa shape index (κ3) is 3.18. The van der Waals surface area contributed by atoms with Crippen molar-refractivity contribution in [1.29, 1.82) is 0 Å². The van der Waals surface area contributed by atoms with Gasteiger partial charge < -0.3 is 10.1 Å². The third-order valence-corrected chi connectivity index (χ3v) is 3.73. The number of benzene rings is 1. The molecule has 0 unspecified atom stereocenters. The quantitative estimate of drug-likeness (QED) is 0.734. The first kappa shape index (κ1) is 16.6. The summed E-state index contributed by atoms with van der Waals surface area (Å²) in [7, 11) is 1.30. The molecule has 0 saturated heterocycles. The van der Waals surface area contributed by atoms with Gasteiger partial charge in [0, 0.05) is 17.1 Å². The highest BCUT2D eigenvalue weighted by Crippen LogP contribution is 2.18. The van der Waals surface area contributed by atoms with Crippen molar-refractivity contribution in [2.24, 2.45) is 0 Å². The number of aromatic nitrogens is 4. The fourth-order valence-corrected chi connectivity index (χ4v) is 2.44. The van der Waals surface area contributed by atoms with Crippen molar-refractivity contribution in [1.82, 2.24) is 19.6 Å². The second-order valence-corrected chi connectivity index (χ2v) is 5.66. The molecule has 25 heavy (non-hydrogen) atoms. The number of hydrogen-bond acceptors (Lipinski definition) is 6. The van der Waals surface area contributed by atoms with Gasteiger partial charge >= 0.3 is 5.97 Å². The van der Waals surface area contributed by atoms with E-state index < -0.39 is 11.9 Å². The van der Waals surface area contributed by atoms with E-state index in [1.54, 1.807) is 18.2 Å². The molecule has 1 N–H and O–H groups in total. The first-order chi connectivity index (χ1) is 11.9. The molecule has 2 aromatic heterocycles. The molecule has 1 aromatic carbocycles. The number of fused-ring (bicyclic) bond motifs is 1. The number of hydrogen-bond donors (Lipinski definition) is 1. The molecule has 0 saturated carbocycles. The molecule has 8 nitrogen and oxygen atoms in total. The van der Waals surface area contributed by atoms with Crippen LogP contribution in [0.1, 0.15) is 37.9 Å². The van der Waals surface area contributed by atoms with Crippen LogP contribution >= 0.6 is 0 Å². The predicted octanol–water partition coefficient (Wildman–Crippen LogP) is 2.09. The molecule has 1 amide bonds. The Labute approximate surface area is 143 Å². The van der Waals surface area contributed by atoms with Crippen LogP contribution in [-0.2, 0) is 4.74 Å². The Kier molecular flexibility index (Phi) is 4.18. The maximum Gasteiger partial charge on any atom is 0.337 e. The van der Waals surface area contributed by atoms with Crippen LogP contribution in [0.15, 0.2) is 24.3 Å². The summed E-state index contributed by atoms with van der Waals surface area (Å²) in [5.41, 5.74) is 3.27. The number of methoxy groups -OCH3 is 1. The van der Waals surface area contributed by atoms with E-state index in [0.717, 1.165) is 17.0 Å². The minimum atomic E-state index is -0.479. The summed E-state index contributed by atoms with van der Waals surface area (Å²) >= 11 is 0.